The van der Waals surface area contributed by atoms with Crippen LogP contribution in [0.2, 0.25) is 0 Å². The molecule has 1 saturated carbocycles. The quantitative estimate of drug-likeness (QED) is 0.704. The Labute approximate surface area is 81.0 Å². The molecule has 2 N–H and O–H groups in total. The molecule has 0 radical (unpaired) electrons. The fraction of sp³-hybridized carbons (Fsp3) is 1.00. The van der Waals surface area contributed by atoms with Crippen LogP contribution < -0.4 is 0 Å². The van der Waals surface area contributed by atoms with Gasteiger partial charge in [-0.05, 0) is 18.3 Å². The zero-order chi connectivity index (χ0) is 9.68. The maximum atomic E-state index is 9.71. The van der Waals surface area contributed by atoms with Crippen LogP contribution in [-0.4, -0.2) is 22.9 Å². The Morgan fingerprint density at radius 3 is 2.38 bits per heavy atom. The predicted octanol–water partition coefficient (Wildman–Crippen LogP) is 1.95. The average Bonchev–Trinajstić information content (AvgIpc) is 2.18. The zero-order valence-electron chi connectivity index (χ0n) is 8.58. The van der Waals surface area contributed by atoms with Crippen molar-refractivity contribution in [1.29, 1.82) is 0 Å². The van der Waals surface area contributed by atoms with Crippen LogP contribution in [0.5, 0.6) is 0 Å². The maximum absolute atomic E-state index is 9.71. The number of rotatable bonds is 4. The minimum atomic E-state index is -0.298. The summed E-state index contributed by atoms with van der Waals surface area (Å²) in [5, 5.41) is 18.4. The first-order chi connectivity index (χ1) is 6.25. The predicted molar refractivity (Wildman–Crippen MR) is 53.4 cm³/mol. The molecule has 2 atom stereocenters. The second kappa shape index (κ2) is 5.61. The molecule has 0 bridgehead atoms. The van der Waals surface area contributed by atoms with Crippen LogP contribution in [-0.2, 0) is 0 Å². The normalized spacial score (nSPS) is 24.2. The molecule has 0 amide bonds. The van der Waals surface area contributed by atoms with E-state index in [0.29, 0.717) is 18.3 Å². The second-order valence-electron chi connectivity index (χ2n) is 4.34. The van der Waals surface area contributed by atoms with Crippen molar-refractivity contribution in [3.05, 3.63) is 0 Å². The van der Waals surface area contributed by atoms with E-state index in [1.807, 2.05) is 0 Å². The minimum Gasteiger partial charge on any atom is -0.396 e. The number of hydrogen-bond acceptors (Lipinski definition) is 2. The van der Waals surface area contributed by atoms with Gasteiger partial charge in [0.15, 0.2) is 0 Å². The van der Waals surface area contributed by atoms with Gasteiger partial charge in [-0.1, -0.05) is 39.0 Å². The topological polar surface area (TPSA) is 40.5 Å². The SMILES string of the molecule is CC(C(O)CCO)C1CCCCC1. The summed E-state index contributed by atoms with van der Waals surface area (Å²) in [7, 11) is 0. The average molecular weight is 186 g/mol. The molecule has 0 heterocycles. The van der Waals surface area contributed by atoms with Gasteiger partial charge in [0.25, 0.3) is 0 Å². The van der Waals surface area contributed by atoms with Gasteiger partial charge < -0.3 is 10.2 Å². The molecular formula is C11H22O2. The molecule has 1 rings (SSSR count). The lowest BCUT2D eigenvalue weighted by Crippen LogP contribution is -2.27. The highest BCUT2D eigenvalue weighted by atomic mass is 16.3. The molecule has 2 nitrogen and oxygen atoms in total. The Hall–Kier alpha value is -0.0800. The minimum absolute atomic E-state index is 0.109. The molecule has 0 aromatic heterocycles. The smallest absolute Gasteiger partial charge is 0.0590 e. The van der Waals surface area contributed by atoms with Crippen LogP contribution >= 0.6 is 0 Å². The van der Waals surface area contributed by atoms with E-state index in [2.05, 4.69) is 6.92 Å². The highest BCUT2D eigenvalue weighted by molar-refractivity contribution is 4.76. The molecule has 0 aliphatic heterocycles. The Balaban J connectivity index is 2.31. The van der Waals surface area contributed by atoms with E-state index in [-0.39, 0.29) is 12.7 Å². The molecule has 2 unspecified atom stereocenters. The summed E-state index contributed by atoms with van der Waals surface area (Å²) in [5.41, 5.74) is 0. The molecule has 0 spiro atoms. The molecular weight excluding hydrogens is 164 g/mol. The Kier molecular flexibility index (Phi) is 4.74. The van der Waals surface area contributed by atoms with Crippen LogP contribution in [0.3, 0.4) is 0 Å². The van der Waals surface area contributed by atoms with Gasteiger partial charge in [0.1, 0.15) is 0 Å². The van der Waals surface area contributed by atoms with Gasteiger partial charge in [0, 0.05) is 6.61 Å². The van der Waals surface area contributed by atoms with Crippen LogP contribution in [0.25, 0.3) is 0 Å². The van der Waals surface area contributed by atoms with E-state index in [4.69, 9.17) is 5.11 Å². The first-order valence-corrected chi connectivity index (χ1v) is 5.54. The molecule has 0 aromatic carbocycles. The number of hydrogen-bond donors (Lipinski definition) is 2. The third-order valence-electron chi connectivity index (χ3n) is 3.43. The number of aliphatic hydroxyl groups is 2. The lowest BCUT2D eigenvalue weighted by Gasteiger charge is -2.30. The first kappa shape index (κ1) is 11.0. The van der Waals surface area contributed by atoms with Crippen molar-refractivity contribution in [3.63, 3.8) is 0 Å². The van der Waals surface area contributed by atoms with Crippen LogP contribution in [0.15, 0.2) is 0 Å². The Morgan fingerprint density at radius 1 is 1.23 bits per heavy atom. The molecule has 2 heteroatoms. The summed E-state index contributed by atoms with van der Waals surface area (Å²) < 4.78 is 0. The Morgan fingerprint density at radius 2 is 1.85 bits per heavy atom. The summed E-state index contributed by atoms with van der Waals surface area (Å²) in [4.78, 5) is 0. The van der Waals surface area contributed by atoms with Crippen LogP contribution in [0.4, 0.5) is 0 Å². The van der Waals surface area contributed by atoms with Gasteiger partial charge in [0.2, 0.25) is 0 Å². The van der Waals surface area contributed by atoms with Crippen molar-refractivity contribution >= 4 is 0 Å². The van der Waals surface area contributed by atoms with E-state index in [1.165, 1.54) is 32.1 Å². The van der Waals surface area contributed by atoms with Crippen LogP contribution in [0, 0.1) is 11.8 Å². The summed E-state index contributed by atoms with van der Waals surface area (Å²) in [6, 6.07) is 0. The van der Waals surface area contributed by atoms with Crippen molar-refractivity contribution in [2.75, 3.05) is 6.61 Å². The molecule has 78 valence electrons. The van der Waals surface area contributed by atoms with Gasteiger partial charge in [-0.15, -0.1) is 0 Å². The third kappa shape index (κ3) is 3.28. The fourth-order valence-electron chi connectivity index (χ4n) is 2.37. The lowest BCUT2D eigenvalue weighted by atomic mass is 9.78. The maximum Gasteiger partial charge on any atom is 0.0590 e. The summed E-state index contributed by atoms with van der Waals surface area (Å²) in [6.07, 6.45) is 6.78. The van der Waals surface area contributed by atoms with E-state index in [0.717, 1.165) is 0 Å². The standard InChI is InChI=1S/C11H22O2/c1-9(11(13)7-8-12)10-5-3-2-4-6-10/h9-13H,2-8H2,1H3. The van der Waals surface area contributed by atoms with Crippen molar-refractivity contribution in [2.45, 2.75) is 51.6 Å². The van der Waals surface area contributed by atoms with Crippen molar-refractivity contribution in [1.82, 2.24) is 0 Å². The second-order valence-corrected chi connectivity index (χ2v) is 4.34. The number of aliphatic hydroxyl groups excluding tert-OH is 2. The fourth-order valence-corrected chi connectivity index (χ4v) is 2.37. The molecule has 1 aliphatic carbocycles. The summed E-state index contributed by atoms with van der Waals surface area (Å²) in [6.45, 7) is 2.23. The third-order valence-corrected chi connectivity index (χ3v) is 3.43. The Bertz CT molecular complexity index is 130. The lowest BCUT2D eigenvalue weighted by molar-refractivity contribution is 0.0482. The van der Waals surface area contributed by atoms with Crippen molar-refractivity contribution in [2.24, 2.45) is 11.8 Å². The van der Waals surface area contributed by atoms with Crippen molar-refractivity contribution in [3.8, 4) is 0 Å². The van der Waals surface area contributed by atoms with Crippen molar-refractivity contribution < 1.29 is 10.2 Å². The van der Waals surface area contributed by atoms with E-state index in [1.54, 1.807) is 0 Å². The summed E-state index contributed by atoms with van der Waals surface area (Å²) >= 11 is 0. The van der Waals surface area contributed by atoms with E-state index in [9.17, 15) is 5.11 Å². The van der Waals surface area contributed by atoms with Crippen LogP contribution in [0.1, 0.15) is 45.4 Å². The molecule has 1 fully saturated rings. The van der Waals surface area contributed by atoms with Gasteiger partial charge in [-0.25, -0.2) is 0 Å². The van der Waals surface area contributed by atoms with Gasteiger partial charge in [0.05, 0.1) is 6.10 Å². The molecule has 1 aliphatic rings. The van der Waals surface area contributed by atoms with E-state index < -0.39 is 0 Å². The molecule has 13 heavy (non-hydrogen) atoms. The first-order valence-electron chi connectivity index (χ1n) is 5.54. The van der Waals surface area contributed by atoms with Gasteiger partial charge in [-0.3, -0.25) is 0 Å². The summed E-state index contributed by atoms with van der Waals surface area (Å²) in [5.74, 6) is 1.06. The van der Waals surface area contributed by atoms with Gasteiger partial charge in [-0.2, -0.15) is 0 Å². The molecule has 0 saturated heterocycles. The highest BCUT2D eigenvalue weighted by Crippen LogP contribution is 2.32. The zero-order valence-corrected chi connectivity index (χ0v) is 8.58. The molecule has 0 aromatic rings. The highest BCUT2D eigenvalue weighted by Gasteiger charge is 2.25. The van der Waals surface area contributed by atoms with Gasteiger partial charge >= 0.3 is 0 Å². The largest absolute Gasteiger partial charge is 0.396 e. The monoisotopic (exact) mass is 186 g/mol. The van der Waals surface area contributed by atoms with E-state index >= 15 is 0 Å².